The number of halogens is 3. The number of pyridine rings is 1. The van der Waals surface area contributed by atoms with Crippen molar-refractivity contribution in [3.05, 3.63) is 17.5 Å². The molecule has 0 fully saturated rings. The maximum absolute atomic E-state index is 12.1. The van der Waals surface area contributed by atoms with Crippen LogP contribution in [0.3, 0.4) is 0 Å². The highest BCUT2D eigenvalue weighted by Gasteiger charge is 2.34. The molecule has 1 aromatic rings. The second-order valence-corrected chi connectivity index (χ2v) is 2.85. The fourth-order valence-electron chi connectivity index (χ4n) is 1.13. The van der Waals surface area contributed by atoms with E-state index in [9.17, 15) is 18.0 Å². The van der Waals surface area contributed by atoms with Gasteiger partial charge in [0, 0.05) is 11.8 Å². The van der Waals surface area contributed by atoms with E-state index in [2.05, 4.69) is 9.72 Å². The van der Waals surface area contributed by atoms with Crippen LogP contribution in [-0.4, -0.2) is 24.7 Å². The highest BCUT2D eigenvalue weighted by molar-refractivity contribution is 5.78. The third kappa shape index (κ3) is 2.62. The molecule has 16 heavy (non-hydrogen) atoms. The van der Waals surface area contributed by atoms with Gasteiger partial charge in [0.05, 0.1) is 7.11 Å². The van der Waals surface area contributed by atoms with Gasteiger partial charge in [0.2, 0.25) is 5.75 Å². The molecule has 0 aliphatic rings. The molecule has 7 heteroatoms. The average molecular weight is 235 g/mol. The first-order valence-corrected chi connectivity index (χ1v) is 4.13. The van der Waals surface area contributed by atoms with E-state index in [4.69, 9.17) is 4.74 Å². The summed E-state index contributed by atoms with van der Waals surface area (Å²) in [5.41, 5.74) is -0.118. The van der Waals surface area contributed by atoms with Gasteiger partial charge in [-0.1, -0.05) is 0 Å². The summed E-state index contributed by atoms with van der Waals surface area (Å²) >= 11 is 0. The van der Waals surface area contributed by atoms with E-state index in [0.717, 1.165) is 0 Å². The minimum Gasteiger partial charge on any atom is -0.492 e. The zero-order chi connectivity index (χ0) is 12.3. The van der Waals surface area contributed by atoms with E-state index >= 15 is 0 Å². The first-order valence-electron chi connectivity index (χ1n) is 4.13. The highest BCUT2D eigenvalue weighted by atomic mass is 19.4. The van der Waals surface area contributed by atoms with Gasteiger partial charge in [0.15, 0.2) is 12.0 Å². The monoisotopic (exact) mass is 235 g/mol. The number of carbonyl (C=O) groups is 1. The van der Waals surface area contributed by atoms with Crippen LogP contribution in [0.1, 0.15) is 16.1 Å². The molecule has 0 radical (unpaired) electrons. The van der Waals surface area contributed by atoms with E-state index in [1.807, 2.05) is 0 Å². The van der Waals surface area contributed by atoms with Crippen LogP contribution in [-0.2, 0) is 0 Å². The molecule has 0 aliphatic carbocycles. The molecule has 1 aromatic heterocycles. The summed E-state index contributed by atoms with van der Waals surface area (Å²) < 4.78 is 44.7. The molecule has 0 amide bonds. The molecule has 1 rings (SSSR count). The van der Waals surface area contributed by atoms with Gasteiger partial charge in [-0.25, -0.2) is 4.98 Å². The Kier molecular flexibility index (Phi) is 3.36. The Balaban J connectivity index is 3.31. The quantitative estimate of drug-likeness (QED) is 0.753. The number of nitrogens with zero attached hydrogens (tertiary/aromatic N) is 1. The van der Waals surface area contributed by atoms with E-state index in [1.165, 1.54) is 20.2 Å². The van der Waals surface area contributed by atoms with Gasteiger partial charge in [-0.05, 0) is 6.92 Å². The topological polar surface area (TPSA) is 48.4 Å². The summed E-state index contributed by atoms with van der Waals surface area (Å²) in [6.45, 7) is 1.49. The number of hydrogen-bond donors (Lipinski definition) is 0. The van der Waals surface area contributed by atoms with Crippen molar-refractivity contribution >= 4 is 6.29 Å². The molecule has 0 N–H and O–H groups in total. The summed E-state index contributed by atoms with van der Waals surface area (Å²) in [5, 5.41) is 0. The van der Waals surface area contributed by atoms with Crippen molar-refractivity contribution in [1.82, 2.24) is 4.98 Å². The molecule has 0 aromatic carbocycles. The second kappa shape index (κ2) is 4.38. The maximum Gasteiger partial charge on any atom is 0.573 e. The Morgan fingerprint density at radius 3 is 2.44 bits per heavy atom. The Morgan fingerprint density at radius 2 is 2.00 bits per heavy atom. The van der Waals surface area contributed by atoms with Crippen molar-refractivity contribution in [3.63, 3.8) is 0 Å². The summed E-state index contributed by atoms with van der Waals surface area (Å²) in [6, 6.07) is 0. The number of rotatable bonds is 3. The Labute approximate surface area is 89.0 Å². The zero-order valence-electron chi connectivity index (χ0n) is 8.46. The van der Waals surface area contributed by atoms with Gasteiger partial charge in [-0.15, -0.1) is 13.2 Å². The summed E-state index contributed by atoms with van der Waals surface area (Å²) in [5.74, 6) is -0.876. The molecule has 0 spiro atoms. The molecular formula is C9H8F3NO3. The Hall–Kier alpha value is -1.79. The van der Waals surface area contributed by atoms with Crippen LogP contribution >= 0.6 is 0 Å². The number of carbonyl (C=O) groups excluding carboxylic acids is 1. The van der Waals surface area contributed by atoms with Crippen molar-refractivity contribution in [1.29, 1.82) is 0 Å². The second-order valence-electron chi connectivity index (χ2n) is 2.85. The Bertz CT molecular complexity index is 404. The summed E-state index contributed by atoms with van der Waals surface area (Å²) in [4.78, 5) is 14.0. The van der Waals surface area contributed by atoms with E-state index in [1.54, 1.807) is 0 Å². The molecule has 4 nitrogen and oxygen atoms in total. The van der Waals surface area contributed by atoms with Crippen LogP contribution in [0.25, 0.3) is 0 Å². The van der Waals surface area contributed by atoms with Crippen molar-refractivity contribution < 1.29 is 27.4 Å². The van der Waals surface area contributed by atoms with Crippen LogP contribution in [0.2, 0.25) is 0 Å². The van der Waals surface area contributed by atoms with Gasteiger partial charge >= 0.3 is 6.36 Å². The average Bonchev–Trinajstić information content (AvgIpc) is 2.16. The number of ether oxygens (including phenoxy) is 2. The molecule has 1 heterocycles. The number of aryl methyl sites for hydroxylation is 1. The molecule has 0 aliphatic heterocycles. The van der Waals surface area contributed by atoms with Crippen molar-refractivity contribution in [2.24, 2.45) is 0 Å². The fourth-order valence-corrected chi connectivity index (χ4v) is 1.13. The minimum atomic E-state index is -4.90. The number of hydrogen-bond acceptors (Lipinski definition) is 4. The van der Waals surface area contributed by atoms with Gasteiger partial charge < -0.3 is 9.47 Å². The van der Waals surface area contributed by atoms with Crippen LogP contribution < -0.4 is 9.47 Å². The first kappa shape index (κ1) is 12.3. The van der Waals surface area contributed by atoms with Crippen LogP contribution in [0.4, 0.5) is 13.2 Å². The number of aldehydes is 1. The number of aromatic nitrogens is 1. The van der Waals surface area contributed by atoms with Crippen molar-refractivity contribution in [2.45, 2.75) is 13.3 Å². The molecule has 88 valence electrons. The summed E-state index contributed by atoms with van der Waals surface area (Å²) in [7, 11) is 1.18. The fraction of sp³-hybridized carbons (Fsp3) is 0.333. The normalized spacial score (nSPS) is 11.1. The zero-order valence-corrected chi connectivity index (χ0v) is 8.46. The molecule has 0 atom stereocenters. The third-order valence-corrected chi connectivity index (χ3v) is 1.73. The molecular weight excluding hydrogens is 227 g/mol. The lowest BCUT2D eigenvalue weighted by Gasteiger charge is -2.14. The lowest BCUT2D eigenvalue weighted by atomic mass is 10.2. The molecule has 0 saturated heterocycles. The Morgan fingerprint density at radius 1 is 1.38 bits per heavy atom. The molecule has 0 unspecified atom stereocenters. The van der Waals surface area contributed by atoms with Gasteiger partial charge in [-0.2, -0.15) is 0 Å². The minimum absolute atomic E-state index is 0.158. The summed E-state index contributed by atoms with van der Waals surface area (Å²) in [6.07, 6.45) is -3.50. The van der Waals surface area contributed by atoms with E-state index in [-0.39, 0.29) is 12.0 Å². The predicted octanol–water partition coefficient (Wildman–Crippen LogP) is 2.11. The van der Waals surface area contributed by atoms with Gasteiger partial charge in [0.25, 0.3) is 0 Å². The van der Waals surface area contributed by atoms with Crippen LogP contribution in [0, 0.1) is 6.92 Å². The number of methoxy groups -OCH3 is 1. The van der Waals surface area contributed by atoms with E-state index in [0.29, 0.717) is 5.56 Å². The van der Waals surface area contributed by atoms with Crippen LogP contribution in [0.5, 0.6) is 11.5 Å². The lowest BCUT2D eigenvalue weighted by Crippen LogP contribution is -2.19. The molecule has 0 saturated carbocycles. The van der Waals surface area contributed by atoms with E-state index < -0.39 is 17.8 Å². The standard InChI is InChI=1S/C9H8F3NO3/c1-5-3-13-6(4-14)8(7(5)15-2)16-9(10,11)12/h3-4H,1-2H3. The van der Waals surface area contributed by atoms with Crippen molar-refractivity contribution in [3.8, 4) is 11.5 Å². The predicted molar refractivity (Wildman–Crippen MR) is 47.6 cm³/mol. The number of alkyl halides is 3. The smallest absolute Gasteiger partial charge is 0.492 e. The van der Waals surface area contributed by atoms with Crippen molar-refractivity contribution in [2.75, 3.05) is 7.11 Å². The van der Waals surface area contributed by atoms with Gasteiger partial charge in [-0.3, -0.25) is 4.79 Å². The largest absolute Gasteiger partial charge is 0.573 e. The van der Waals surface area contributed by atoms with Crippen LogP contribution in [0.15, 0.2) is 6.20 Å². The first-order chi connectivity index (χ1) is 7.39. The maximum atomic E-state index is 12.1. The lowest BCUT2D eigenvalue weighted by molar-refractivity contribution is -0.275. The SMILES string of the molecule is COc1c(C)cnc(C=O)c1OC(F)(F)F. The van der Waals surface area contributed by atoms with Gasteiger partial charge in [0.1, 0.15) is 5.69 Å². The molecule has 0 bridgehead atoms. The highest BCUT2D eigenvalue weighted by Crippen LogP contribution is 2.36. The third-order valence-electron chi connectivity index (χ3n) is 1.73.